The van der Waals surface area contributed by atoms with Gasteiger partial charge in [-0.05, 0) is 24.8 Å². The van der Waals surface area contributed by atoms with Gasteiger partial charge in [0, 0.05) is 29.5 Å². The average Bonchev–Trinajstić information content (AvgIpc) is 2.57. The third kappa shape index (κ3) is 3.37. The minimum atomic E-state index is 0.107. The Kier molecular flexibility index (Phi) is 4.31. The van der Waals surface area contributed by atoms with Crippen LogP contribution in [0, 0.1) is 6.92 Å². The van der Waals surface area contributed by atoms with Crippen molar-refractivity contribution in [1.82, 2.24) is 4.90 Å². The number of nitrogens with zero attached hydrogens (tertiary/aromatic N) is 1. The molecule has 0 spiro atoms. The van der Waals surface area contributed by atoms with Crippen molar-refractivity contribution >= 4 is 17.2 Å². The van der Waals surface area contributed by atoms with Gasteiger partial charge in [0.2, 0.25) is 0 Å². The van der Waals surface area contributed by atoms with Crippen molar-refractivity contribution in [3.05, 3.63) is 21.4 Å². The van der Waals surface area contributed by atoms with Crippen molar-refractivity contribution in [2.75, 3.05) is 26.3 Å². The molecule has 0 aromatic carbocycles. The van der Waals surface area contributed by atoms with Crippen LogP contribution in [0.2, 0.25) is 0 Å². The van der Waals surface area contributed by atoms with Gasteiger partial charge in [-0.25, -0.2) is 0 Å². The summed E-state index contributed by atoms with van der Waals surface area (Å²) in [5.41, 5.74) is 0.979. The maximum atomic E-state index is 12.6. The summed E-state index contributed by atoms with van der Waals surface area (Å²) in [6.07, 6.45) is 0.932. The number of carbonyl (C=O) groups is 1. The van der Waals surface area contributed by atoms with Crippen molar-refractivity contribution in [1.29, 1.82) is 0 Å². The van der Waals surface area contributed by atoms with E-state index in [9.17, 15) is 4.79 Å². The molecule has 106 valence electrons. The number of thiophene rings is 1. The third-order valence-corrected chi connectivity index (χ3v) is 4.87. The van der Waals surface area contributed by atoms with E-state index in [1.807, 2.05) is 11.8 Å². The van der Waals surface area contributed by atoms with Crippen molar-refractivity contribution in [3.63, 3.8) is 0 Å². The highest BCUT2D eigenvalue weighted by Crippen LogP contribution is 2.32. The first-order chi connectivity index (χ1) is 8.89. The van der Waals surface area contributed by atoms with E-state index in [4.69, 9.17) is 4.74 Å². The van der Waals surface area contributed by atoms with Gasteiger partial charge >= 0.3 is 0 Å². The second-order valence-electron chi connectivity index (χ2n) is 6.09. The van der Waals surface area contributed by atoms with Crippen LogP contribution in [0.4, 0.5) is 0 Å². The van der Waals surface area contributed by atoms with E-state index in [2.05, 4.69) is 26.8 Å². The van der Waals surface area contributed by atoms with Crippen LogP contribution in [0.3, 0.4) is 0 Å². The number of hydrogen-bond donors (Lipinski definition) is 0. The predicted molar refractivity (Wildman–Crippen MR) is 79.1 cm³/mol. The first-order valence-corrected chi connectivity index (χ1v) is 7.69. The van der Waals surface area contributed by atoms with Crippen molar-refractivity contribution in [3.8, 4) is 0 Å². The Labute approximate surface area is 119 Å². The lowest BCUT2D eigenvalue weighted by Gasteiger charge is -2.19. The Morgan fingerprint density at radius 3 is 2.68 bits per heavy atom. The molecule has 1 aromatic rings. The molecule has 0 unspecified atom stereocenters. The Balaban J connectivity index is 2.21. The Morgan fingerprint density at radius 1 is 1.32 bits per heavy atom. The SMILES string of the molecule is Cc1sc(C(C)(C)C)cc1C(=O)N1CCCOCC1. The van der Waals surface area contributed by atoms with Crippen molar-refractivity contribution < 1.29 is 9.53 Å². The molecule has 3 nitrogen and oxygen atoms in total. The summed E-state index contributed by atoms with van der Waals surface area (Å²) < 4.78 is 5.41. The molecule has 2 rings (SSSR count). The lowest BCUT2D eigenvalue weighted by molar-refractivity contribution is 0.0741. The topological polar surface area (TPSA) is 29.5 Å². The van der Waals surface area contributed by atoms with Crippen LogP contribution in [0.1, 0.15) is 47.3 Å². The summed E-state index contributed by atoms with van der Waals surface area (Å²) in [5, 5.41) is 0. The van der Waals surface area contributed by atoms with E-state index >= 15 is 0 Å². The normalized spacial score (nSPS) is 17.4. The highest BCUT2D eigenvalue weighted by Gasteiger charge is 2.24. The molecule has 1 aliphatic rings. The second-order valence-corrected chi connectivity index (χ2v) is 7.34. The first-order valence-electron chi connectivity index (χ1n) is 6.87. The first kappa shape index (κ1) is 14.5. The maximum absolute atomic E-state index is 12.6. The molecular formula is C15H23NO2S. The molecule has 1 aliphatic heterocycles. The number of rotatable bonds is 1. The largest absolute Gasteiger partial charge is 0.380 e. The van der Waals surface area contributed by atoms with E-state index in [1.54, 1.807) is 11.3 Å². The summed E-state index contributed by atoms with van der Waals surface area (Å²) in [6.45, 7) is 11.5. The minimum Gasteiger partial charge on any atom is -0.380 e. The van der Waals surface area contributed by atoms with Gasteiger partial charge in [0.05, 0.1) is 12.2 Å². The summed E-state index contributed by atoms with van der Waals surface area (Å²) in [4.78, 5) is 16.9. The highest BCUT2D eigenvalue weighted by molar-refractivity contribution is 7.12. The number of aryl methyl sites for hydroxylation is 1. The van der Waals surface area contributed by atoms with Gasteiger partial charge in [-0.2, -0.15) is 0 Å². The van der Waals surface area contributed by atoms with E-state index in [0.717, 1.165) is 30.0 Å². The molecule has 0 saturated carbocycles. The number of ether oxygens (including phenoxy) is 1. The van der Waals surface area contributed by atoms with E-state index in [0.29, 0.717) is 13.2 Å². The molecule has 0 N–H and O–H groups in total. The van der Waals surface area contributed by atoms with Crippen LogP contribution < -0.4 is 0 Å². The fourth-order valence-electron chi connectivity index (χ4n) is 2.18. The van der Waals surface area contributed by atoms with E-state index < -0.39 is 0 Å². The lowest BCUT2D eigenvalue weighted by Crippen LogP contribution is -2.33. The molecule has 2 heterocycles. The monoisotopic (exact) mass is 281 g/mol. The summed E-state index contributed by atoms with van der Waals surface area (Å²) in [6, 6.07) is 2.08. The van der Waals surface area contributed by atoms with E-state index in [-0.39, 0.29) is 11.3 Å². The fourth-order valence-corrected chi connectivity index (χ4v) is 3.25. The van der Waals surface area contributed by atoms with Crippen LogP contribution in [0.15, 0.2) is 6.07 Å². The maximum Gasteiger partial charge on any atom is 0.255 e. The van der Waals surface area contributed by atoms with Crippen LogP contribution in [0.25, 0.3) is 0 Å². The number of carbonyl (C=O) groups excluding carboxylic acids is 1. The average molecular weight is 281 g/mol. The van der Waals surface area contributed by atoms with Crippen LogP contribution >= 0.6 is 11.3 Å². The van der Waals surface area contributed by atoms with Crippen LogP contribution in [-0.2, 0) is 10.2 Å². The van der Waals surface area contributed by atoms with E-state index in [1.165, 1.54) is 4.88 Å². The summed E-state index contributed by atoms with van der Waals surface area (Å²) in [7, 11) is 0. The van der Waals surface area contributed by atoms with Crippen LogP contribution in [0.5, 0.6) is 0 Å². The predicted octanol–water partition coefficient (Wildman–Crippen LogP) is 3.22. The van der Waals surface area contributed by atoms with Gasteiger partial charge in [-0.3, -0.25) is 4.79 Å². The fraction of sp³-hybridized carbons (Fsp3) is 0.667. The zero-order chi connectivity index (χ0) is 14.0. The zero-order valence-electron chi connectivity index (χ0n) is 12.3. The smallest absolute Gasteiger partial charge is 0.255 e. The Bertz CT molecular complexity index is 451. The molecule has 0 atom stereocenters. The van der Waals surface area contributed by atoms with Gasteiger partial charge in [0.25, 0.3) is 5.91 Å². The molecule has 1 fully saturated rings. The summed E-state index contributed by atoms with van der Waals surface area (Å²) in [5.74, 6) is 0.162. The lowest BCUT2D eigenvalue weighted by atomic mass is 9.94. The third-order valence-electron chi connectivity index (χ3n) is 3.40. The van der Waals surface area contributed by atoms with Crippen LogP contribution in [-0.4, -0.2) is 37.1 Å². The highest BCUT2D eigenvalue weighted by atomic mass is 32.1. The van der Waals surface area contributed by atoms with Gasteiger partial charge in [-0.1, -0.05) is 20.8 Å². The molecular weight excluding hydrogens is 258 g/mol. The molecule has 1 amide bonds. The van der Waals surface area contributed by atoms with Gasteiger partial charge in [0.1, 0.15) is 0 Å². The van der Waals surface area contributed by atoms with Gasteiger partial charge < -0.3 is 9.64 Å². The molecule has 19 heavy (non-hydrogen) atoms. The molecule has 0 bridgehead atoms. The van der Waals surface area contributed by atoms with Gasteiger partial charge in [-0.15, -0.1) is 11.3 Å². The number of amides is 1. The molecule has 1 aromatic heterocycles. The van der Waals surface area contributed by atoms with Crippen molar-refractivity contribution in [2.45, 2.75) is 39.5 Å². The molecule has 0 aliphatic carbocycles. The quantitative estimate of drug-likeness (QED) is 0.791. The summed E-state index contributed by atoms with van der Waals surface area (Å²) >= 11 is 1.74. The number of hydrogen-bond acceptors (Lipinski definition) is 3. The Morgan fingerprint density at radius 2 is 2.05 bits per heavy atom. The second kappa shape index (κ2) is 5.63. The molecule has 4 heteroatoms. The van der Waals surface area contributed by atoms with Crippen molar-refractivity contribution in [2.24, 2.45) is 0 Å². The zero-order valence-corrected chi connectivity index (χ0v) is 13.1. The standard InChI is InChI=1S/C15H23NO2S/c1-11-12(10-13(19-11)15(2,3)4)14(17)16-6-5-8-18-9-7-16/h10H,5-9H2,1-4H3. The van der Waals surface area contributed by atoms with Gasteiger partial charge in [0.15, 0.2) is 0 Å². The Hall–Kier alpha value is -0.870. The molecule has 0 radical (unpaired) electrons. The molecule has 1 saturated heterocycles. The minimum absolute atomic E-state index is 0.107.